The zero-order chi connectivity index (χ0) is 12.3. The summed E-state index contributed by atoms with van der Waals surface area (Å²) in [6.07, 6.45) is 3.64. The highest BCUT2D eigenvalue weighted by molar-refractivity contribution is 7.99. The van der Waals surface area contributed by atoms with Gasteiger partial charge in [-0.2, -0.15) is 11.8 Å². The minimum atomic E-state index is -0.0426. The lowest BCUT2D eigenvalue weighted by Gasteiger charge is -2.27. The predicted molar refractivity (Wildman–Crippen MR) is 68.8 cm³/mol. The fraction of sp³-hybridized carbons (Fsp3) is 0.636. The summed E-state index contributed by atoms with van der Waals surface area (Å²) in [7, 11) is 3.77. The van der Waals surface area contributed by atoms with Crippen LogP contribution in [0.15, 0.2) is 12.4 Å². The summed E-state index contributed by atoms with van der Waals surface area (Å²) >= 11 is 1.83. The summed E-state index contributed by atoms with van der Waals surface area (Å²) in [6.45, 7) is 1.47. The Morgan fingerprint density at radius 3 is 3.18 bits per heavy atom. The molecule has 0 aliphatic carbocycles. The number of nitrogens with one attached hydrogen (secondary N) is 1. The lowest BCUT2D eigenvalue weighted by molar-refractivity contribution is -0.132. The van der Waals surface area contributed by atoms with Crippen LogP contribution < -0.4 is 5.32 Å². The van der Waals surface area contributed by atoms with E-state index in [2.05, 4.69) is 10.3 Å². The van der Waals surface area contributed by atoms with Gasteiger partial charge in [-0.1, -0.05) is 0 Å². The van der Waals surface area contributed by atoms with Crippen molar-refractivity contribution in [1.29, 1.82) is 0 Å². The third kappa shape index (κ3) is 3.01. The van der Waals surface area contributed by atoms with E-state index in [0.29, 0.717) is 6.54 Å². The number of nitrogens with zero attached hydrogens (tertiary/aromatic N) is 3. The zero-order valence-corrected chi connectivity index (χ0v) is 11.0. The lowest BCUT2D eigenvalue weighted by Crippen LogP contribution is -2.49. The number of hydrogen-bond acceptors (Lipinski definition) is 4. The Bertz CT molecular complexity index is 387. The number of carbonyl (C=O) groups excluding carboxylic acids is 1. The highest BCUT2D eigenvalue weighted by Gasteiger charge is 2.24. The Kier molecular flexibility index (Phi) is 4.06. The number of hydrogen-bond donors (Lipinski definition) is 1. The fourth-order valence-corrected chi connectivity index (χ4v) is 2.75. The maximum Gasteiger partial charge on any atom is 0.240 e. The molecule has 1 amide bonds. The van der Waals surface area contributed by atoms with Crippen LogP contribution in [0.1, 0.15) is 5.82 Å². The average molecular weight is 254 g/mol. The van der Waals surface area contributed by atoms with Crippen LogP contribution in [0.3, 0.4) is 0 Å². The first-order valence-electron chi connectivity index (χ1n) is 5.71. The molecule has 1 aliphatic heterocycles. The van der Waals surface area contributed by atoms with Gasteiger partial charge in [0, 0.05) is 44.5 Å². The van der Waals surface area contributed by atoms with Gasteiger partial charge in [0.1, 0.15) is 5.82 Å². The second kappa shape index (κ2) is 5.55. The van der Waals surface area contributed by atoms with Gasteiger partial charge in [0.05, 0.1) is 12.6 Å². The lowest BCUT2D eigenvalue weighted by atomic mass is 10.3. The van der Waals surface area contributed by atoms with Crippen molar-refractivity contribution in [2.24, 2.45) is 7.05 Å². The number of likely N-dealkylation sites (N-methyl/N-ethyl adjacent to an activating group) is 1. The van der Waals surface area contributed by atoms with Gasteiger partial charge in [-0.05, 0) is 0 Å². The van der Waals surface area contributed by atoms with Crippen LogP contribution in [0.25, 0.3) is 0 Å². The molecule has 1 N–H and O–H groups in total. The molecule has 1 saturated heterocycles. The molecule has 0 aromatic carbocycles. The van der Waals surface area contributed by atoms with Gasteiger partial charge in [-0.15, -0.1) is 0 Å². The van der Waals surface area contributed by atoms with E-state index in [4.69, 9.17) is 0 Å². The highest BCUT2D eigenvalue weighted by atomic mass is 32.2. The Morgan fingerprint density at radius 2 is 2.59 bits per heavy atom. The topological polar surface area (TPSA) is 50.2 Å². The van der Waals surface area contributed by atoms with Crippen molar-refractivity contribution in [3.63, 3.8) is 0 Å². The maximum absolute atomic E-state index is 12.1. The second-order valence-electron chi connectivity index (χ2n) is 4.23. The fourth-order valence-electron chi connectivity index (χ4n) is 1.83. The number of aryl methyl sites for hydroxylation is 1. The molecule has 94 valence electrons. The molecular formula is C11H18N4OS. The minimum absolute atomic E-state index is 0.0426. The molecule has 1 aliphatic rings. The van der Waals surface area contributed by atoms with Gasteiger partial charge < -0.3 is 14.8 Å². The molecule has 1 aromatic rings. The van der Waals surface area contributed by atoms with E-state index in [0.717, 1.165) is 23.9 Å². The van der Waals surface area contributed by atoms with Gasteiger partial charge in [-0.25, -0.2) is 4.98 Å². The van der Waals surface area contributed by atoms with Gasteiger partial charge in [0.2, 0.25) is 5.91 Å². The molecule has 0 spiro atoms. The monoisotopic (exact) mass is 254 g/mol. The molecule has 1 fully saturated rings. The number of thioether (sulfide) groups is 1. The van der Waals surface area contributed by atoms with Crippen molar-refractivity contribution in [2.45, 2.75) is 12.6 Å². The zero-order valence-electron chi connectivity index (χ0n) is 10.2. The van der Waals surface area contributed by atoms with E-state index in [1.54, 1.807) is 11.1 Å². The summed E-state index contributed by atoms with van der Waals surface area (Å²) in [5.41, 5.74) is 0. The van der Waals surface area contributed by atoms with Crippen LogP contribution in [0.2, 0.25) is 0 Å². The van der Waals surface area contributed by atoms with Crippen molar-refractivity contribution in [3.8, 4) is 0 Å². The van der Waals surface area contributed by atoms with E-state index in [-0.39, 0.29) is 11.9 Å². The van der Waals surface area contributed by atoms with Crippen LogP contribution in [0.5, 0.6) is 0 Å². The van der Waals surface area contributed by atoms with Gasteiger partial charge in [0.25, 0.3) is 0 Å². The van der Waals surface area contributed by atoms with Crippen molar-refractivity contribution in [3.05, 3.63) is 18.2 Å². The summed E-state index contributed by atoms with van der Waals surface area (Å²) in [5.74, 6) is 3.01. The molecule has 2 rings (SSSR count). The Labute approximate surface area is 106 Å². The first kappa shape index (κ1) is 12.4. The summed E-state index contributed by atoms with van der Waals surface area (Å²) in [6, 6.07) is -0.0426. The van der Waals surface area contributed by atoms with Crippen LogP contribution >= 0.6 is 11.8 Å². The number of carbonyl (C=O) groups is 1. The average Bonchev–Trinajstić information content (AvgIpc) is 2.75. The molecular weight excluding hydrogens is 236 g/mol. The highest BCUT2D eigenvalue weighted by Crippen LogP contribution is 2.10. The van der Waals surface area contributed by atoms with Crippen molar-refractivity contribution in [1.82, 2.24) is 19.8 Å². The third-order valence-corrected chi connectivity index (χ3v) is 3.96. The smallest absolute Gasteiger partial charge is 0.240 e. The molecule has 0 radical (unpaired) electrons. The molecule has 5 nitrogen and oxygen atoms in total. The third-order valence-electron chi connectivity index (χ3n) is 2.90. The minimum Gasteiger partial charge on any atom is -0.337 e. The number of imidazole rings is 1. The summed E-state index contributed by atoms with van der Waals surface area (Å²) < 4.78 is 1.94. The van der Waals surface area contributed by atoms with E-state index in [9.17, 15) is 4.79 Å². The van der Waals surface area contributed by atoms with E-state index in [1.165, 1.54) is 0 Å². The second-order valence-corrected chi connectivity index (χ2v) is 5.38. The van der Waals surface area contributed by atoms with E-state index < -0.39 is 0 Å². The normalized spacial score (nSPS) is 20.2. The van der Waals surface area contributed by atoms with Gasteiger partial charge in [0.15, 0.2) is 0 Å². The van der Waals surface area contributed by atoms with Crippen LogP contribution in [-0.4, -0.2) is 51.5 Å². The molecule has 2 heterocycles. The molecule has 1 atom stereocenters. The van der Waals surface area contributed by atoms with Crippen LogP contribution in [0.4, 0.5) is 0 Å². The molecule has 6 heteroatoms. The molecule has 1 unspecified atom stereocenters. The largest absolute Gasteiger partial charge is 0.337 e. The van der Waals surface area contributed by atoms with Crippen molar-refractivity contribution >= 4 is 17.7 Å². The molecule has 0 saturated carbocycles. The van der Waals surface area contributed by atoms with E-state index in [1.807, 2.05) is 36.6 Å². The SMILES string of the molecule is CN(Cc1nccn1C)C(=O)C1CSCCN1. The molecule has 1 aromatic heterocycles. The van der Waals surface area contributed by atoms with Crippen LogP contribution in [0, 0.1) is 0 Å². The Balaban J connectivity index is 1.93. The number of amides is 1. The standard InChI is InChI=1S/C11H18N4OS/c1-14-5-3-13-10(14)7-15(2)11(16)9-8-17-6-4-12-9/h3,5,9,12H,4,6-8H2,1-2H3. The predicted octanol–water partition coefficient (Wildman–Crippen LogP) is 0.0835. The first-order chi connectivity index (χ1) is 8.18. The van der Waals surface area contributed by atoms with E-state index >= 15 is 0 Å². The first-order valence-corrected chi connectivity index (χ1v) is 6.86. The number of aromatic nitrogens is 2. The Hall–Kier alpha value is -1.01. The van der Waals surface area contributed by atoms with Crippen LogP contribution in [-0.2, 0) is 18.4 Å². The number of rotatable bonds is 3. The quantitative estimate of drug-likeness (QED) is 0.830. The van der Waals surface area contributed by atoms with Crippen molar-refractivity contribution < 1.29 is 4.79 Å². The summed E-state index contributed by atoms with van der Waals surface area (Å²) in [5, 5.41) is 3.25. The molecule has 0 bridgehead atoms. The Morgan fingerprint density at radius 1 is 1.76 bits per heavy atom. The van der Waals surface area contributed by atoms with Crippen molar-refractivity contribution in [2.75, 3.05) is 25.1 Å². The summed E-state index contributed by atoms with van der Waals surface area (Å²) in [4.78, 5) is 18.1. The maximum atomic E-state index is 12.1. The molecule has 17 heavy (non-hydrogen) atoms. The van der Waals surface area contributed by atoms with Gasteiger partial charge >= 0.3 is 0 Å². The van der Waals surface area contributed by atoms with Gasteiger partial charge in [-0.3, -0.25) is 4.79 Å².